The average molecular weight is 459 g/mol. The largest absolute Gasteiger partial charge is 0.350 e. The molecule has 0 bridgehead atoms. The van der Waals surface area contributed by atoms with Crippen LogP contribution >= 0.6 is 0 Å². The predicted octanol–water partition coefficient (Wildman–Crippen LogP) is 6.80. The van der Waals surface area contributed by atoms with Crippen molar-refractivity contribution in [1.29, 1.82) is 0 Å². The highest BCUT2D eigenvalue weighted by molar-refractivity contribution is 5.86. The van der Waals surface area contributed by atoms with Crippen LogP contribution in [-0.2, 0) is 18.3 Å². The third-order valence-electron chi connectivity index (χ3n) is 6.70. The van der Waals surface area contributed by atoms with Gasteiger partial charge < -0.3 is 9.88 Å². The predicted molar refractivity (Wildman–Crippen MR) is 143 cm³/mol. The Kier molecular flexibility index (Phi) is 6.76. The number of aromatic nitrogens is 1. The van der Waals surface area contributed by atoms with Gasteiger partial charge in [0.2, 0.25) is 5.91 Å². The second-order valence-corrected chi connectivity index (χ2v) is 9.13. The standard InChI is InChI=1S/C32H30N2O/c1-34-23-29(28-19-11-12-20-30(28)34)27(21-24-13-5-2-6-14-24)22-31(35)33-32(25-15-7-3-8-16-25)26-17-9-4-10-18-26/h2-20,23,27,32H,21-22H2,1H3,(H,33,35). The number of hydrogen-bond donors (Lipinski definition) is 1. The molecule has 3 heteroatoms. The number of para-hydroxylation sites is 1. The van der Waals surface area contributed by atoms with E-state index < -0.39 is 0 Å². The Bertz CT molecular complexity index is 1350. The Balaban J connectivity index is 1.46. The zero-order valence-corrected chi connectivity index (χ0v) is 20.0. The van der Waals surface area contributed by atoms with Crippen LogP contribution in [-0.4, -0.2) is 10.5 Å². The van der Waals surface area contributed by atoms with Gasteiger partial charge in [0.15, 0.2) is 0 Å². The fourth-order valence-corrected chi connectivity index (χ4v) is 4.98. The van der Waals surface area contributed by atoms with Crippen LogP contribution in [0.1, 0.15) is 40.6 Å². The summed E-state index contributed by atoms with van der Waals surface area (Å²) >= 11 is 0. The first kappa shape index (κ1) is 22.7. The van der Waals surface area contributed by atoms with Gasteiger partial charge in [0, 0.05) is 30.6 Å². The molecule has 5 rings (SSSR count). The quantitative estimate of drug-likeness (QED) is 0.273. The van der Waals surface area contributed by atoms with Crippen molar-refractivity contribution in [3.8, 4) is 0 Å². The smallest absolute Gasteiger partial charge is 0.221 e. The Morgan fingerprint density at radius 3 is 1.91 bits per heavy atom. The number of carbonyl (C=O) groups is 1. The van der Waals surface area contributed by atoms with E-state index >= 15 is 0 Å². The third kappa shape index (κ3) is 5.20. The second kappa shape index (κ2) is 10.4. The van der Waals surface area contributed by atoms with Gasteiger partial charge in [-0.1, -0.05) is 109 Å². The van der Waals surface area contributed by atoms with Gasteiger partial charge in [0.05, 0.1) is 6.04 Å². The fourth-order valence-electron chi connectivity index (χ4n) is 4.98. The van der Waals surface area contributed by atoms with Crippen LogP contribution in [0.15, 0.2) is 121 Å². The van der Waals surface area contributed by atoms with Crippen LogP contribution in [0.25, 0.3) is 10.9 Å². The number of nitrogens with zero attached hydrogens (tertiary/aromatic N) is 1. The van der Waals surface area contributed by atoms with Gasteiger partial charge in [-0.25, -0.2) is 0 Å². The minimum absolute atomic E-state index is 0.0524. The van der Waals surface area contributed by atoms with Crippen molar-refractivity contribution < 1.29 is 4.79 Å². The van der Waals surface area contributed by atoms with Crippen molar-refractivity contribution in [2.75, 3.05) is 0 Å². The minimum Gasteiger partial charge on any atom is -0.350 e. The lowest BCUT2D eigenvalue weighted by Gasteiger charge is -2.22. The summed E-state index contributed by atoms with van der Waals surface area (Å²) in [6.07, 6.45) is 3.42. The van der Waals surface area contributed by atoms with Gasteiger partial charge in [0.1, 0.15) is 0 Å². The summed E-state index contributed by atoms with van der Waals surface area (Å²) in [6, 6.07) is 39.1. The fraction of sp³-hybridized carbons (Fsp3) is 0.156. The Morgan fingerprint density at radius 2 is 1.29 bits per heavy atom. The zero-order chi connectivity index (χ0) is 24.0. The van der Waals surface area contributed by atoms with E-state index in [1.54, 1.807) is 0 Å². The summed E-state index contributed by atoms with van der Waals surface area (Å²) in [4.78, 5) is 13.6. The van der Waals surface area contributed by atoms with E-state index in [9.17, 15) is 4.79 Å². The lowest BCUT2D eigenvalue weighted by atomic mass is 9.88. The number of carbonyl (C=O) groups excluding carboxylic acids is 1. The normalized spacial score (nSPS) is 12.1. The minimum atomic E-state index is -0.185. The number of hydrogen-bond acceptors (Lipinski definition) is 1. The highest BCUT2D eigenvalue weighted by Crippen LogP contribution is 2.32. The molecule has 1 unspecified atom stereocenters. The average Bonchev–Trinajstić information content (AvgIpc) is 3.25. The molecule has 174 valence electrons. The molecule has 0 fully saturated rings. The monoisotopic (exact) mass is 458 g/mol. The lowest BCUT2D eigenvalue weighted by Crippen LogP contribution is -2.30. The van der Waals surface area contributed by atoms with Crippen LogP contribution in [0.3, 0.4) is 0 Å². The summed E-state index contributed by atoms with van der Waals surface area (Å²) in [5.41, 5.74) is 5.81. The van der Waals surface area contributed by atoms with Gasteiger partial charge in [-0.05, 0) is 40.7 Å². The highest BCUT2D eigenvalue weighted by atomic mass is 16.1. The van der Waals surface area contributed by atoms with Crippen molar-refractivity contribution in [3.05, 3.63) is 144 Å². The second-order valence-electron chi connectivity index (χ2n) is 9.13. The number of amides is 1. The Hall–Kier alpha value is -4.11. The number of nitrogens with one attached hydrogen (secondary N) is 1. The van der Waals surface area contributed by atoms with Gasteiger partial charge >= 0.3 is 0 Å². The number of aryl methyl sites for hydroxylation is 1. The molecule has 0 radical (unpaired) electrons. The van der Waals surface area contributed by atoms with Crippen LogP contribution in [0.5, 0.6) is 0 Å². The van der Waals surface area contributed by atoms with Crippen molar-refractivity contribution in [3.63, 3.8) is 0 Å². The molecule has 0 aliphatic carbocycles. The Morgan fingerprint density at radius 1 is 0.743 bits per heavy atom. The van der Waals surface area contributed by atoms with E-state index in [1.165, 1.54) is 22.0 Å². The molecule has 0 aliphatic rings. The lowest BCUT2D eigenvalue weighted by molar-refractivity contribution is -0.122. The summed E-state index contributed by atoms with van der Waals surface area (Å²) < 4.78 is 2.16. The molecule has 0 aliphatic heterocycles. The van der Waals surface area contributed by atoms with Crippen LogP contribution in [0.2, 0.25) is 0 Å². The molecular weight excluding hydrogens is 428 g/mol. The highest BCUT2D eigenvalue weighted by Gasteiger charge is 2.23. The summed E-state index contributed by atoms with van der Waals surface area (Å²) in [7, 11) is 2.08. The molecule has 1 aromatic heterocycles. The third-order valence-corrected chi connectivity index (χ3v) is 6.70. The maximum atomic E-state index is 13.6. The van der Waals surface area contributed by atoms with Crippen molar-refractivity contribution in [2.24, 2.45) is 7.05 Å². The molecule has 0 saturated heterocycles. The van der Waals surface area contributed by atoms with Crippen molar-refractivity contribution in [1.82, 2.24) is 9.88 Å². The summed E-state index contributed by atoms with van der Waals surface area (Å²) in [6.45, 7) is 0. The van der Waals surface area contributed by atoms with Gasteiger partial charge in [-0.15, -0.1) is 0 Å². The van der Waals surface area contributed by atoms with Gasteiger partial charge in [0.25, 0.3) is 0 Å². The van der Waals surface area contributed by atoms with Crippen molar-refractivity contribution >= 4 is 16.8 Å². The maximum Gasteiger partial charge on any atom is 0.221 e. The first-order chi connectivity index (χ1) is 17.2. The molecule has 5 aromatic rings. The van der Waals surface area contributed by atoms with E-state index in [-0.39, 0.29) is 17.9 Å². The molecule has 1 heterocycles. The number of fused-ring (bicyclic) bond motifs is 1. The topological polar surface area (TPSA) is 34.0 Å². The van der Waals surface area contributed by atoms with E-state index in [4.69, 9.17) is 0 Å². The molecule has 1 atom stereocenters. The first-order valence-corrected chi connectivity index (χ1v) is 12.2. The van der Waals surface area contributed by atoms with Crippen LogP contribution < -0.4 is 5.32 Å². The van der Waals surface area contributed by atoms with E-state index in [2.05, 4.69) is 95.9 Å². The van der Waals surface area contributed by atoms with Crippen LogP contribution in [0.4, 0.5) is 0 Å². The summed E-state index contributed by atoms with van der Waals surface area (Å²) in [5.74, 6) is 0.118. The van der Waals surface area contributed by atoms with Gasteiger partial charge in [-0.3, -0.25) is 4.79 Å². The van der Waals surface area contributed by atoms with E-state index in [1.807, 2.05) is 42.5 Å². The molecule has 1 amide bonds. The molecule has 4 aromatic carbocycles. The maximum absolute atomic E-state index is 13.6. The van der Waals surface area contributed by atoms with Crippen molar-refractivity contribution in [2.45, 2.75) is 24.8 Å². The molecule has 35 heavy (non-hydrogen) atoms. The van der Waals surface area contributed by atoms with Gasteiger partial charge in [-0.2, -0.15) is 0 Å². The first-order valence-electron chi connectivity index (χ1n) is 12.2. The SMILES string of the molecule is Cn1cc(C(CC(=O)NC(c2ccccc2)c2ccccc2)Cc2ccccc2)c2ccccc21. The number of benzene rings is 4. The molecule has 1 N–H and O–H groups in total. The van der Waals surface area contributed by atoms with Crippen LogP contribution in [0, 0.1) is 0 Å². The Labute approximate surface area is 207 Å². The van der Waals surface area contributed by atoms with E-state index in [0.717, 1.165) is 17.5 Å². The summed E-state index contributed by atoms with van der Waals surface area (Å²) in [5, 5.41) is 4.56. The molecule has 3 nitrogen and oxygen atoms in total. The molecular formula is C32H30N2O. The molecule has 0 saturated carbocycles. The number of rotatable bonds is 8. The zero-order valence-electron chi connectivity index (χ0n) is 20.0. The molecule has 0 spiro atoms. The van der Waals surface area contributed by atoms with E-state index in [0.29, 0.717) is 6.42 Å².